The molecule has 0 saturated carbocycles. The Morgan fingerprint density at radius 2 is 1.69 bits per heavy atom. The normalized spacial score (nSPS) is 27.4. The summed E-state index contributed by atoms with van der Waals surface area (Å²) in [6.45, 7) is 3.67. The number of carbonyl (C=O) groups excluding carboxylic acids is 1. The lowest BCUT2D eigenvalue weighted by atomic mass is 9.84. The summed E-state index contributed by atoms with van der Waals surface area (Å²) >= 11 is 0. The molecule has 3 aliphatic heterocycles. The van der Waals surface area contributed by atoms with Gasteiger partial charge in [0.1, 0.15) is 36.8 Å². The van der Waals surface area contributed by atoms with Crippen LogP contribution in [-0.4, -0.2) is 119 Å². The van der Waals surface area contributed by atoms with Gasteiger partial charge in [0.15, 0.2) is 17.6 Å². The smallest absolute Gasteiger partial charge is 0.339 e. The minimum Gasteiger partial charge on any atom is -0.504 e. The number of ether oxygens (including phenoxy) is 4. The number of phenols is 2. The van der Waals surface area contributed by atoms with E-state index < -0.39 is 54.6 Å². The number of aromatic hydroxyl groups is 2. The second kappa shape index (κ2) is 11.5. The summed E-state index contributed by atoms with van der Waals surface area (Å²) in [4.78, 5) is 17.5. The number of methoxy groups -OCH3 is 1. The fourth-order valence-electron chi connectivity index (χ4n) is 5.47. The van der Waals surface area contributed by atoms with E-state index in [1.165, 1.54) is 7.11 Å². The van der Waals surface area contributed by atoms with Crippen LogP contribution in [-0.2, 0) is 16.0 Å². The first-order chi connectivity index (χ1) is 18.8. The number of aliphatic hydroxyl groups is 3. The van der Waals surface area contributed by atoms with Crippen molar-refractivity contribution in [1.29, 1.82) is 0 Å². The van der Waals surface area contributed by atoms with Crippen molar-refractivity contribution in [1.82, 2.24) is 9.80 Å². The van der Waals surface area contributed by atoms with Crippen LogP contribution >= 0.6 is 0 Å². The lowest BCUT2D eigenvalue weighted by molar-refractivity contribution is -0.235. The Balaban J connectivity index is 1.34. The van der Waals surface area contributed by atoms with Crippen molar-refractivity contribution < 1.29 is 49.3 Å². The average Bonchev–Trinajstić information content (AvgIpc) is 2.94. The zero-order chi connectivity index (χ0) is 27.7. The number of aliphatic hydroxyl groups excluding tert-OH is 3. The summed E-state index contributed by atoms with van der Waals surface area (Å²) in [6.07, 6.45) is -6.74. The maximum absolute atomic E-state index is 13.2. The van der Waals surface area contributed by atoms with Crippen molar-refractivity contribution in [3.63, 3.8) is 0 Å². The summed E-state index contributed by atoms with van der Waals surface area (Å²) in [5, 5.41) is 52.5. The predicted octanol–water partition coefficient (Wildman–Crippen LogP) is -0.00400. The van der Waals surface area contributed by atoms with Crippen LogP contribution in [0.25, 0.3) is 0 Å². The van der Waals surface area contributed by atoms with Gasteiger partial charge in [0, 0.05) is 50.4 Å². The van der Waals surface area contributed by atoms with Crippen LogP contribution < -0.4 is 9.47 Å². The molecule has 2 fully saturated rings. The molecule has 0 radical (unpaired) electrons. The van der Waals surface area contributed by atoms with E-state index in [4.69, 9.17) is 18.9 Å². The van der Waals surface area contributed by atoms with Gasteiger partial charge in [-0.25, -0.2) is 4.79 Å². The maximum atomic E-state index is 13.2. The molecule has 2 aromatic carbocycles. The van der Waals surface area contributed by atoms with Gasteiger partial charge in [-0.3, -0.25) is 9.80 Å². The van der Waals surface area contributed by atoms with E-state index in [0.29, 0.717) is 19.7 Å². The van der Waals surface area contributed by atoms with Crippen molar-refractivity contribution >= 4 is 5.97 Å². The molecule has 5 N–H and O–H groups in total. The number of fused-ring (bicyclic) bond motifs is 3. The highest BCUT2D eigenvalue weighted by Crippen LogP contribution is 2.52. The molecular formula is C27H34N2O10. The molecule has 0 amide bonds. The number of rotatable bonds is 8. The number of esters is 1. The van der Waals surface area contributed by atoms with Crippen LogP contribution in [0.1, 0.15) is 27.6 Å². The van der Waals surface area contributed by atoms with Gasteiger partial charge in [-0.05, 0) is 12.1 Å². The minimum absolute atomic E-state index is 0.0120. The van der Waals surface area contributed by atoms with Crippen LogP contribution in [0, 0.1) is 0 Å². The summed E-state index contributed by atoms with van der Waals surface area (Å²) < 4.78 is 22.3. The maximum Gasteiger partial charge on any atom is 0.339 e. The fourth-order valence-corrected chi connectivity index (χ4v) is 5.47. The first-order valence-electron chi connectivity index (χ1n) is 12.9. The third-order valence-corrected chi connectivity index (χ3v) is 7.61. The molecule has 0 aromatic heterocycles. The Bertz CT molecular complexity index is 1170. The van der Waals surface area contributed by atoms with Crippen LogP contribution in [0.15, 0.2) is 30.3 Å². The van der Waals surface area contributed by atoms with Crippen molar-refractivity contribution in [2.75, 3.05) is 53.0 Å². The van der Waals surface area contributed by atoms with Crippen molar-refractivity contribution in [2.24, 2.45) is 0 Å². The SMILES string of the molecule is COc1c(O)c(CN2CCN(CCOc3ccccc3)CC2)c2c(c1O)[C@H]1O[C@H](CO)[C@@H](O)[C@H](O)[C@@H]1OC2=O. The van der Waals surface area contributed by atoms with E-state index in [-0.39, 0.29) is 29.0 Å². The zero-order valence-corrected chi connectivity index (χ0v) is 21.6. The van der Waals surface area contributed by atoms with E-state index >= 15 is 0 Å². The summed E-state index contributed by atoms with van der Waals surface area (Å²) in [5.41, 5.74) is 0.113. The number of nitrogens with zero attached hydrogens (tertiary/aromatic N) is 2. The third-order valence-electron chi connectivity index (χ3n) is 7.61. The third kappa shape index (κ3) is 5.23. The lowest BCUT2D eigenvalue weighted by Gasteiger charge is -2.45. The monoisotopic (exact) mass is 546 g/mol. The second-order valence-electron chi connectivity index (χ2n) is 9.91. The molecule has 12 heteroatoms. The molecule has 5 atom stereocenters. The molecule has 0 spiro atoms. The van der Waals surface area contributed by atoms with Crippen molar-refractivity contribution in [3.05, 3.63) is 47.0 Å². The molecule has 2 saturated heterocycles. The van der Waals surface area contributed by atoms with E-state index in [0.717, 1.165) is 25.4 Å². The number of carbonyl (C=O) groups is 1. The summed E-state index contributed by atoms with van der Waals surface area (Å²) in [7, 11) is 1.27. The molecule has 0 bridgehead atoms. The highest BCUT2D eigenvalue weighted by Gasteiger charge is 2.53. The molecule has 0 aliphatic carbocycles. The number of benzene rings is 2. The highest BCUT2D eigenvalue weighted by molar-refractivity contribution is 5.97. The molecule has 5 rings (SSSR count). The lowest BCUT2D eigenvalue weighted by Crippen LogP contribution is -2.58. The number of para-hydroxylation sites is 1. The van der Waals surface area contributed by atoms with Crippen molar-refractivity contribution in [3.8, 4) is 23.0 Å². The Morgan fingerprint density at radius 3 is 2.36 bits per heavy atom. The zero-order valence-electron chi connectivity index (χ0n) is 21.6. The van der Waals surface area contributed by atoms with Gasteiger partial charge in [-0.2, -0.15) is 0 Å². The Labute approximate surface area is 225 Å². The molecule has 39 heavy (non-hydrogen) atoms. The first-order valence-corrected chi connectivity index (χ1v) is 12.9. The van der Waals surface area contributed by atoms with Gasteiger partial charge in [0.25, 0.3) is 0 Å². The minimum atomic E-state index is -1.56. The van der Waals surface area contributed by atoms with E-state index in [9.17, 15) is 30.3 Å². The van der Waals surface area contributed by atoms with Gasteiger partial charge in [0.05, 0.1) is 19.3 Å². The first kappa shape index (κ1) is 27.4. The Kier molecular flexibility index (Phi) is 8.12. The summed E-state index contributed by atoms with van der Waals surface area (Å²) in [5.74, 6) is -1.20. The molecule has 2 aromatic rings. The number of piperazine rings is 1. The number of phenolic OH excluding ortho intramolecular Hbond substituents is 2. The van der Waals surface area contributed by atoms with Gasteiger partial charge >= 0.3 is 5.97 Å². The molecule has 3 aliphatic rings. The number of hydrogen-bond donors (Lipinski definition) is 5. The quantitative estimate of drug-likeness (QED) is 0.282. The van der Waals surface area contributed by atoms with E-state index in [1.807, 2.05) is 30.3 Å². The molecular weight excluding hydrogens is 512 g/mol. The second-order valence-corrected chi connectivity index (χ2v) is 9.91. The van der Waals surface area contributed by atoms with Crippen LogP contribution in [0.4, 0.5) is 0 Å². The number of hydrogen-bond acceptors (Lipinski definition) is 12. The van der Waals surface area contributed by atoms with Crippen LogP contribution in [0.5, 0.6) is 23.0 Å². The van der Waals surface area contributed by atoms with E-state index in [1.54, 1.807) is 0 Å². The Morgan fingerprint density at radius 1 is 1.00 bits per heavy atom. The van der Waals surface area contributed by atoms with Gasteiger partial charge in [-0.15, -0.1) is 0 Å². The van der Waals surface area contributed by atoms with Gasteiger partial charge in [0.2, 0.25) is 5.75 Å². The summed E-state index contributed by atoms with van der Waals surface area (Å²) in [6, 6.07) is 9.61. The van der Waals surface area contributed by atoms with Gasteiger partial charge in [-0.1, -0.05) is 18.2 Å². The van der Waals surface area contributed by atoms with Crippen molar-refractivity contribution in [2.45, 2.75) is 37.1 Å². The topological polar surface area (TPSA) is 162 Å². The van der Waals surface area contributed by atoms with Crippen LogP contribution in [0.3, 0.4) is 0 Å². The van der Waals surface area contributed by atoms with Gasteiger partial charge < -0.3 is 44.5 Å². The molecule has 0 unspecified atom stereocenters. The van der Waals surface area contributed by atoms with Crippen LogP contribution in [0.2, 0.25) is 0 Å². The standard InChI is InChI=1S/C27H34N2O10/c1-36-25-20(31)16(13-29-9-7-28(8-10-29)11-12-37-15-5-3-2-4-6-15)18-19(22(25)33)24-26(39-27(18)35)23(34)21(32)17(14-30)38-24/h2-6,17,21,23-24,26,30-34H,7-14H2,1H3/t17-,21-,23+,24-,26+/m1/s1. The largest absolute Gasteiger partial charge is 0.504 e. The molecule has 3 heterocycles. The van der Waals surface area contributed by atoms with E-state index in [2.05, 4.69) is 9.80 Å². The average molecular weight is 547 g/mol. The molecule has 212 valence electrons. The highest BCUT2D eigenvalue weighted by atomic mass is 16.6. The fraction of sp³-hybridized carbons (Fsp3) is 0.519. The Hall–Kier alpha value is -3.13. The molecule has 12 nitrogen and oxygen atoms in total. The predicted molar refractivity (Wildman–Crippen MR) is 136 cm³/mol.